The zero-order valence-corrected chi connectivity index (χ0v) is 10.5. The van der Waals surface area contributed by atoms with E-state index in [2.05, 4.69) is 71.0 Å². The summed E-state index contributed by atoms with van der Waals surface area (Å²) in [5.74, 6) is 0. The molecule has 0 bridgehead atoms. The van der Waals surface area contributed by atoms with Gasteiger partial charge < -0.3 is 4.57 Å². The van der Waals surface area contributed by atoms with Gasteiger partial charge in [0.15, 0.2) is 0 Å². The first kappa shape index (κ1) is 10.4. The smallest absolute Gasteiger partial charge is 0.0537 e. The number of allylic oxidation sites excluding steroid dienone is 3. The molecular formula is C18H13N. The Morgan fingerprint density at radius 1 is 0.842 bits per heavy atom. The largest absolute Gasteiger partial charge is 0.313 e. The van der Waals surface area contributed by atoms with Gasteiger partial charge in [-0.1, -0.05) is 36.4 Å². The van der Waals surface area contributed by atoms with Gasteiger partial charge in [0.25, 0.3) is 0 Å². The van der Waals surface area contributed by atoms with E-state index in [1.54, 1.807) is 0 Å². The molecule has 0 spiro atoms. The standard InChI is InChI=1S/C18H13N/c1-2-8-14(9-3-1)19-17-12-6-4-10-15(17)16-11-5-7-13-18(16)19/h2-8,10-13H,9H2. The quantitative estimate of drug-likeness (QED) is 0.543. The number of benzene rings is 2. The molecule has 4 rings (SSSR count). The molecule has 0 atom stereocenters. The summed E-state index contributed by atoms with van der Waals surface area (Å²) in [5, 5.41) is 2.63. The Morgan fingerprint density at radius 2 is 1.47 bits per heavy atom. The Labute approximate surface area is 111 Å². The predicted molar refractivity (Wildman–Crippen MR) is 81.0 cm³/mol. The molecule has 0 fully saturated rings. The third kappa shape index (κ3) is 1.49. The molecule has 0 aliphatic heterocycles. The lowest BCUT2D eigenvalue weighted by Gasteiger charge is -2.11. The molecular weight excluding hydrogens is 230 g/mol. The zero-order valence-electron chi connectivity index (χ0n) is 10.5. The van der Waals surface area contributed by atoms with E-state index in [1.165, 1.54) is 27.5 Å². The Bertz CT molecular complexity index is 818. The number of hydrogen-bond acceptors (Lipinski definition) is 0. The Kier molecular flexibility index (Phi) is 2.20. The summed E-state index contributed by atoms with van der Waals surface area (Å²) in [6.45, 7) is 0. The van der Waals surface area contributed by atoms with Crippen molar-refractivity contribution in [2.75, 3.05) is 0 Å². The van der Waals surface area contributed by atoms with Gasteiger partial charge in [-0.2, -0.15) is 0 Å². The van der Waals surface area contributed by atoms with E-state index in [4.69, 9.17) is 0 Å². The average Bonchev–Trinajstić information content (AvgIpc) is 2.83. The van der Waals surface area contributed by atoms with Gasteiger partial charge in [-0.15, -0.1) is 5.73 Å². The monoisotopic (exact) mass is 243 g/mol. The van der Waals surface area contributed by atoms with Gasteiger partial charge >= 0.3 is 0 Å². The van der Waals surface area contributed by atoms with Crippen LogP contribution in [0.15, 0.2) is 72.5 Å². The van der Waals surface area contributed by atoms with Crippen LogP contribution in [0.5, 0.6) is 0 Å². The van der Waals surface area contributed by atoms with Gasteiger partial charge in [0.1, 0.15) is 0 Å². The van der Waals surface area contributed by atoms with Crippen molar-refractivity contribution < 1.29 is 0 Å². The topological polar surface area (TPSA) is 4.93 Å². The second-order valence-electron chi connectivity index (χ2n) is 4.77. The van der Waals surface area contributed by atoms with Crippen molar-refractivity contribution in [3.63, 3.8) is 0 Å². The first-order valence-corrected chi connectivity index (χ1v) is 6.54. The molecule has 19 heavy (non-hydrogen) atoms. The van der Waals surface area contributed by atoms with Crippen molar-refractivity contribution in [1.29, 1.82) is 0 Å². The molecule has 0 amide bonds. The normalized spacial score (nSPS) is 14.2. The predicted octanol–water partition coefficient (Wildman–Crippen LogP) is 4.75. The number of para-hydroxylation sites is 2. The molecule has 0 saturated heterocycles. The lowest BCUT2D eigenvalue weighted by Crippen LogP contribution is -1.96. The fraction of sp³-hybridized carbons (Fsp3) is 0.0556. The van der Waals surface area contributed by atoms with Crippen molar-refractivity contribution in [2.24, 2.45) is 0 Å². The third-order valence-electron chi connectivity index (χ3n) is 3.67. The Balaban J connectivity index is 2.17. The van der Waals surface area contributed by atoms with Crippen molar-refractivity contribution >= 4 is 27.5 Å². The summed E-state index contributed by atoms with van der Waals surface area (Å²) in [6, 6.07) is 17.2. The lowest BCUT2D eigenvalue weighted by atomic mass is 10.2. The van der Waals surface area contributed by atoms with Crippen LogP contribution in [0.2, 0.25) is 0 Å². The second-order valence-corrected chi connectivity index (χ2v) is 4.77. The zero-order chi connectivity index (χ0) is 12.7. The maximum Gasteiger partial charge on any atom is 0.0537 e. The van der Waals surface area contributed by atoms with Crippen LogP contribution in [0.3, 0.4) is 0 Å². The van der Waals surface area contributed by atoms with E-state index in [0.717, 1.165) is 6.42 Å². The molecule has 1 nitrogen and oxygen atoms in total. The number of rotatable bonds is 1. The van der Waals surface area contributed by atoms with Crippen molar-refractivity contribution in [2.45, 2.75) is 6.42 Å². The molecule has 0 radical (unpaired) electrons. The van der Waals surface area contributed by atoms with Crippen molar-refractivity contribution in [1.82, 2.24) is 4.57 Å². The third-order valence-corrected chi connectivity index (χ3v) is 3.67. The summed E-state index contributed by atoms with van der Waals surface area (Å²) in [7, 11) is 0. The van der Waals surface area contributed by atoms with Gasteiger partial charge in [-0.3, -0.25) is 0 Å². The molecule has 1 aliphatic carbocycles. The van der Waals surface area contributed by atoms with Crippen LogP contribution in [0, 0.1) is 0 Å². The summed E-state index contributed by atoms with van der Waals surface area (Å²) in [4.78, 5) is 0. The maximum absolute atomic E-state index is 3.13. The summed E-state index contributed by atoms with van der Waals surface area (Å²) in [5.41, 5.74) is 6.99. The SMILES string of the molecule is C1=CC=C(n2c3ccccc3c3ccccc32)CC=1. The van der Waals surface area contributed by atoms with E-state index < -0.39 is 0 Å². The summed E-state index contributed by atoms with van der Waals surface area (Å²) in [6.07, 6.45) is 7.15. The summed E-state index contributed by atoms with van der Waals surface area (Å²) >= 11 is 0. The van der Waals surface area contributed by atoms with Crippen LogP contribution in [0.4, 0.5) is 0 Å². The van der Waals surface area contributed by atoms with Gasteiger partial charge in [-0.05, 0) is 30.4 Å². The van der Waals surface area contributed by atoms with Gasteiger partial charge in [-0.25, -0.2) is 0 Å². The van der Waals surface area contributed by atoms with E-state index in [-0.39, 0.29) is 0 Å². The number of nitrogens with zero attached hydrogens (tertiary/aromatic N) is 1. The van der Waals surface area contributed by atoms with Crippen LogP contribution in [-0.4, -0.2) is 4.57 Å². The number of fused-ring (bicyclic) bond motifs is 3. The highest BCUT2D eigenvalue weighted by Crippen LogP contribution is 2.32. The van der Waals surface area contributed by atoms with Crippen LogP contribution < -0.4 is 0 Å². The van der Waals surface area contributed by atoms with Crippen molar-refractivity contribution in [3.8, 4) is 0 Å². The first-order chi connectivity index (χ1) is 9.45. The minimum Gasteiger partial charge on any atom is -0.313 e. The van der Waals surface area contributed by atoms with Gasteiger partial charge in [0.05, 0.1) is 11.0 Å². The van der Waals surface area contributed by atoms with Crippen LogP contribution >= 0.6 is 0 Å². The number of hydrogen-bond donors (Lipinski definition) is 0. The van der Waals surface area contributed by atoms with Crippen LogP contribution in [0.1, 0.15) is 6.42 Å². The van der Waals surface area contributed by atoms with Crippen molar-refractivity contribution in [3.05, 3.63) is 72.5 Å². The molecule has 1 heterocycles. The Morgan fingerprint density at radius 3 is 2.05 bits per heavy atom. The molecule has 90 valence electrons. The first-order valence-electron chi connectivity index (χ1n) is 6.54. The average molecular weight is 243 g/mol. The van der Waals surface area contributed by atoms with E-state index in [0.29, 0.717) is 0 Å². The molecule has 1 heteroatoms. The Hall–Kier alpha value is -2.50. The van der Waals surface area contributed by atoms with E-state index >= 15 is 0 Å². The molecule has 0 unspecified atom stereocenters. The maximum atomic E-state index is 3.13. The fourth-order valence-corrected chi connectivity index (χ4v) is 2.84. The molecule has 3 aromatic rings. The van der Waals surface area contributed by atoms with Crippen LogP contribution in [0.25, 0.3) is 27.5 Å². The number of aromatic nitrogens is 1. The molecule has 1 aliphatic rings. The van der Waals surface area contributed by atoms with Gasteiger partial charge in [0.2, 0.25) is 0 Å². The lowest BCUT2D eigenvalue weighted by molar-refractivity contribution is 1.14. The molecule has 0 N–H and O–H groups in total. The van der Waals surface area contributed by atoms with Crippen LogP contribution in [-0.2, 0) is 0 Å². The molecule has 1 aromatic heterocycles. The molecule has 2 aromatic carbocycles. The summed E-state index contributed by atoms with van der Waals surface area (Å²) < 4.78 is 2.36. The second kappa shape index (κ2) is 4.01. The fourth-order valence-electron chi connectivity index (χ4n) is 2.84. The highest BCUT2D eigenvalue weighted by Gasteiger charge is 2.12. The highest BCUT2D eigenvalue weighted by molar-refractivity contribution is 6.10. The van der Waals surface area contributed by atoms with Gasteiger partial charge in [0, 0.05) is 22.9 Å². The van der Waals surface area contributed by atoms with E-state index in [9.17, 15) is 0 Å². The highest BCUT2D eigenvalue weighted by atomic mass is 15.0. The van der Waals surface area contributed by atoms with E-state index in [1.807, 2.05) is 6.08 Å². The minimum absolute atomic E-state index is 0.930. The molecule has 0 saturated carbocycles. The minimum atomic E-state index is 0.930.